The van der Waals surface area contributed by atoms with Crippen LogP contribution in [0.1, 0.15) is 23.6 Å². The normalized spacial score (nSPS) is 11.6. The van der Waals surface area contributed by atoms with Gasteiger partial charge in [0.1, 0.15) is 6.61 Å². The topological polar surface area (TPSA) is 81.4 Å². The van der Waals surface area contributed by atoms with E-state index in [-0.39, 0.29) is 13.0 Å². The van der Waals surface area contributed by atoms with Gasteiger partial charge in [0.15, 0.2) is 0 Å². The van der Waals surface area contributed by atoms with Gasteiger partial charge in [-0.3, -0.25) is 4.79 Å². The fourth-order valence-electron chi connectivity index (χ4n) is 2.14. The predicted octanol–water partition coefficient (Wildman–Crippen LogP) is 4.49. The Kier molecular flexibility index (Phi) is 6.93. The Morgan fingerprint density at radius 3 is 2.32 bits per heavy atom. The summed E-state index contributed by atoms with van der Waals surface area (Å²) in [7, 11) is 0. The molecule has 2 aromatic rings. The van der Waals surface area contributed by atoms with Crippen LogP contribution in [0.25, 0.3) is 0 Å². The van der Waals surface area contributed by atoms with Gasteiger partial charge in [-0.15, -0.1) is 0 Å². The molecule has 8 heteroatoms. The van der Waals surface area contributed by atoms with Crippen molar-refractivity contribution in [2.45, 2.75) is 19.1 Å². The molecule has 2 rings (SSSR count). The molecule has 2 aromatic carbocycles. The number of nitrogens with two attached hydrogens (primary N) is 1. The average molecular weight is 402 g/mol. The summed E-state index contributed by atoms with van der Waals surface area (Å²) in [5, 5.41) is 3.86. The van der Waals surface area contributed by atoms with Crippen molar-refractivity contribution in [3.05, 3.63) is 68.7 Å². The number of nitrogens with one attached hydrogen (secondary N) is 1. The Morgan fingerprint density at radius 1 is 1.04 bits per heavy atom. The van der Waals surface area contributed by atoms with Crippen molar-refractivity contribution >= 4 is 46.8 Å². The van der Waals surface area contributed by atoms with E-state index in [9.17, 15) is 9.59 Å². The van der Waals surface area contributed by atoms with Gasteiger partial charge in [0.2, 0.25) is 0 Å². The van der Waals surface area contributed by atoms with Crippen LogP contribution >= 0.6 is 34.8 Å². The predicted molar refractivity (Wildman–Crippen MR) is 97.8 cm³/mol. The third-order valence-electron chi connectivity index (χ3n) is 3.34. The highest BCUT2D eigenvalue weighted by Gasteiger charge is 2.18. The van der Waals surface area contributed by atoms with Crippen molar-refractivity contribution in [3.8, 4) is 0 Å². The number of ether oxygens (including phenoxy) is 1. The van der Waals surface area contributed by atoms with Crippen molar-refractivity contribution in [3.63, 3.8) is 0 Å². The van der Waals surface area contributed by atoms with Crippen molar-refractivity contribution in [1.29, 1.82) is 0 Å². The number of hydrogen-bond acceptors (Lipinski definition) is 3. The van der Waals surface area contributed by atoms with Crippen molar-refractivity contribution in [2.24, 2.45) is 5.73 Å². The van der Waals surface area contributed by atoms with E-state index >= 15 is 0 Å². The van der Waals surface area contributed by atoms with E-state index in [0.717, 1.165) is 0 Å². The average Bonchev–Trinajstić information content (AvgIpc) is 2.55. The molecule has 25 heavy (non-hydrogen) atoms. The maximum atomic E-state index is 12.1. The molecule has 5 nitrogen and oxygen atoms in total. The zero-order valence-corrected chi connectivity index (χ0v) is 15.2. The van der Waals surface area contributed by atoms with Gasteiger partial charge in [0.25, 0.3) is 0 Å². The Labute approximate surface area is 160 Å². The van der Waals surface area contributed by atoms with Gasteiger partial charge in [-0.25, -0.2) is 4.79 Å². The highest BCUT2D eigenvalue weighted by atomic mass is 35.5. The quantitative estimate of drug-likeness (QED) is 0.700. The van der Waals surface area contributed by atoms with Crippen LogP contribution in [0, 0.1) is 0 Å². The summed E-state index contributed by atoms with van der Waals surface area (Å²) in [6.07, 6.45) is -0.0775. The maximum Gasteiger partial charge on any atom is 0.312 e. The minimum atomic E-state index is -0.739. The van der Waals surface area contributed by atoms with Gasteiger partial charge < -0.3 is 15.8 Å². The van der Waals surface area contributed by atoms with Crippen LogP contribution in [0.3, 0.4) is 0 Å². The van der Waals surface area contributed by atoms with Gasteiger partial charge >= 0.3 is 12.0 Å². The second-order valence-corrected chi connectivity index (χ2v) is 6.48. The molecule has 0 aliphatic carbocycles. The molecule has 0 bridgehead atoms. The number of hydrogen-bond donors (Lipinski definition) is 2. The summed E-state index contributed by atoms with van der Waals surface area (Å²) in [5.41, 5.74) is 6.57. The number of primary amides is 1. The van der Waals surface area contributed by atoms with Gasteiger partial charge in [-0.1, -0.05) is 53.0 Å². The first-order valence-corrected chi connectivity index (χ1v) is 8.39. The monoisotopic (exact) mass is 400 g/mol. The summed E-state index contributed by atoms with van der Waals surface area (Å²) in [4.78, 5) is 23.3. The Hall–Kier alpha value is -1.95. The summed E-state index contributed by atoms with van der Waals surface area (Å²) in [5.74, 6) is -0.500. The fourth-order valence-corrected chi connectivity index (χ4v) is 2.58. The number of carbonyl (C=O) groups excluding carboxylic acids is 2. The Bertz CT molecular complexity index is 766. The third kappa shape index (κ3) is 6.12. The SMILES string of the molecule is NC(=O)N[C@H](CC(=O)OCc1ccc(Cl)c(Cl)c1)c1ccc(Cl)cc1. The van der Waals surface area contributed by atoms with Gasteiger partial charge in [0, 0.05) is 5.02 Å². The van der Waals surface area contributed by atoms with Crippen LogP contribution in [0.4, 0.5) is 4.79 Å². The van der Waals surface area contributed by atoms with Crippen LogP contribution in [0.15, 0.2) is 42.5 Å². The van der Waals surface area contributed by atoms with Gasteiger partial charge in [-0.2, -0.15) is 0 Å². The molecule has 0 unspecified atom stereocenters. The Morgan fingerprint density at radius 2 is 1.72 bits per heavy atom. The molecule has 2 amide bonds. The molecule has 0 aliphatic heterocycles. The highest BCUT2D eigenvalue weighted by Crippen LogP contribution is 2.24. The molecule has 132 valence electrons. The first-order valence-electron chi connectivity index (χ1n) is 7.26. The molecule has 0 saturated carbocycles. The molecule has 0 heterocycles. The second kappa shape index (κ2) is 8.94. The van der Waals surface area contributed by atoms with E-state index < -0.39 is 18.0 Å². The van der Waals surface area contributed by atoms with E-state index in [0.29, 0.717) is 26.2 Å². The van der Waals surface area contributed by atoms with E-state index in [2.05, 4.69) is 5.32 Å². The van der Waals surface area contributed by atoms with Crippen molar-refractivity contribution in [2.75, 3.05) is 0 Å². The first kappa shape index (κ1) is 19.4. The van der Waals surface area contributed by atoms with Crippen LogP contribution in [0.2, 0.25) is 15.1 Å². The van der Waals surface area contributed by atoms with E-state index in [1.165, 1.54) is 0 Å². The zero-order valence-electron chi connectivity index (χ0n) is 13.0. The summed E-state index contributed by atoms with van der Waals surface area (Å²) in [6.45, 7) is 0.0413. The molecular weight excluding hydrogens is 387 g/mol. The molecule has 0 aromatic heterocycles. The minimum Gasteiger partial charge on any atom is -0.461 e. The first-order chi connectivity index (χ1) is 11.8. The molecular formula is C17H15Cl3N2O3. The summed E-state index contributed by atoms with van der Waals surface area (Å²) < 4.78 is 5.22. The number of halogens is 3. The minimum absolute atomic E-state index is 0.0413. The van der Waals surface area contributed by atoms with Crippen molar-refractivity contribution < 1.29 is 14.3 Å². The number of benzene rings is 2. The van der Waals surface area contributed by atoms with E-state index in [4.69, 9.17) is 45.3 Å². The highest BCUT2D eigenvalue weighted by molar-refractivity contribution is 6.42. The van der Waals surface area contributed by atoms with E-state index in [1.54, 1.807) is 42.5 Å². The zero-order chi connectivity index (χ0) is 18.4. The fraction of sp³-hybridized carbons (Fsp3) is 0.176. The van der Waals surface area contributed by atoms with Gasteiger partial charge in [0.05, 0.1) is 22.5 Å². The van der Waals surface area contributed by atoms with Crippen LogP contribution < -0.4 is 11.1 Å². The molecule has 0 fully saturated rings. The molecule has 1 atom stereocenters. The number of carbonyl (C=O) groups is 2. The smallest absolute Gasteiger partial charge is 0.312 e. The number of rotatable bonds is 6. The largest absolute Gasteiger partial charge is 0.461 e. The Balaban J connectivity index is 1.99. The van der Waals surface area contributed by atoms with E-state index in [1.807, 2.05) is 0 Å². The standard InChI is InChI=1S/C17H15Cl3N2O3/c18-12-4-2-11(3-5-12)15(22-17(21)24)8-16(23)25-9-10-1-6-13(19)14(20)7-10/h1-7,15H,8-9H2,(H3,21,22,24)/t15-/m1/s1. The molecule has 0 radical (unpaired) electrons. The van der Waals surface area contributed by atoms with Crippen LogP contribution in [-0.4, -0.2) is 12.0 Å². The molecule has 0 saturated heterocycles. The molecule has 0 spiro atoms. The summed E-state index contributed by atoms with van der Waals surface area (Å²) in [6, 6.07) is 10.3. The number of amides is 2. The summed E-state index contributed by atoms with van der Waals surface area (Å²) >= 11 is 17.6. The third-order valence-corrected chi connectivity index (χ3v) is 4.33. The second-order valence-electron chi connectivity index (χ2n) is 5.23. The number of esters is 1. The molecule has 0 aliphatic rings. The lowest BCUT2D eigenvalue weighted by Gasteiger charge is -2.17. The lowest BCUT2D eigenvalue weighted by atomic mass is 10.0. The van der Waals surface area contributed by atoms with Crippen LogP contribution in [-0.2, 0) is 16.1 Å². The van der Waals surface area contributed by atoms with Gasteiger partial charge in [-0.05, 0) is 35.4 Å². The van der Waals surface area contributed by atoms with Crippen LogP contribution in [0.5, 0.6) is 0 Å². The van der Waals surface area contributed by atoms with Crippen molar-refractivity contribution in [1.82, 2.24) is 5.32 Å². The number of urea groups is 1. The molecule has 3 N–H and O–H groups in total. The lowest BCUT2D eigenvalue weighted by Crippen LogP contribution is -2.34. The lowest BCUT2D eigenvalue weighted by molar-refractivity contribution is -0.145. The maximum absolute atomic E-state index is 12.1.